The zero-order valence-electron chi connectivity index (χ0n) is 24.3. The van der Waals surface area contributed by atoms with E-state index in [0.717, 1.165) is 57.8 Å². The van der Waals surface area contributed by atoms with E-state index in [1.54, 1.807) is 0 Å². The molecule has 4 aliphatic carbocycles. The van der Waals surface area contributed by atoms with Crippen LogP contribution in [0.3, 0.4) is 0 Å². The van der Waals surface area contributed by atoms with Crippen molar-refractivity contribution in [2.45, 2.75) is 103 Å². The molecule has 0 heterocycles. The molecule has 4 fully saturated rings. The smallest absolute Gasteiger partial charge is 0.0602 e. The molecule has 212 valence electrons. The Hall–Kier alpha value is -1.68. The van der Waals surface area contributed by atoms with Crippen LogP contribution in [-0.2, 0) is 0 Å². The van der Waals surface area contributed by atoms with Crippen molar-refractivity contribution < 1.29 is 15.3 Å². The van der Waals surface area contributed by atoms with Crippen molar-refractivity contribution in [1.82, 2.24) is 0 Å². The summed E-state index contributed by atoms with van der Waals surface area (Å²) in [6.45, 7) is 7.23. The second-order valence-electron chi connectivity index (χ2n) is 14.5. The first kappa shape index (κ1) is 27.5. The van der Waals surface area contributed by atoms with Crippen LogP contribution in [0.4, 0.5) is 0 Å². The van der Waals surface area contributed by atoms with E-state index in [0.29, 0.717) is 35.5 Å². The lowest BCUT2D eigenvalue weighted by molar-refractivity contribution is -0.207. The minimum Gasteiger partial charge on any atom is -0.393 e. The number of fused-ring (bicyclic) bond motifs is 5. The van der Waals surface area contributed by atoms with Gasteiger partial charge in [-0.05, 0) is 115 Å². The summed E-state index contributed by atoms with van der Waals surface area (Å²) in [7, 11) is 0. The van der Waals surface area contributed by atoms with E-state index in [-0.39, 0.29) is 35.1 Å². The van der Waals surface area contributed by atoms with Gasteiger partial charge in [0, 0.05) is 5.92 Å². The zero-order chi connectivity index (χ0) is 27.4. The fourth-order valence-electron chi connectivity index (χ4n) is 10.7. The summed E-state index contributed by atoms with van der Waals surface area (Å²) >= 11 is 0. The lowest BCUT2D eigenvalue weighted by atomic mass is 9.43. The van der Waals surface area contributed by atoms with Gasteiger partial charge in [0.2, 0.25) is 0 Å². The lowest BCUT2D eigenvalue weighted by Crippen LogP contribution is -2.62. The van der Waals surface area contributed by atoms with Crippen LogP contribution in [0, 0.1) is 46.3 Å². The summed E-state index contributed by atoms with van der Waals surface area (Å²) in [5.41, 5.74) is 2.78. The molecule has 0 unspecified atom stereocenters. The van der Waals surface area contributed by atoms with Crippen molar-refractivity contribution in [3.05, 3.63) is 71.8 Å². The van der Waals surface area contributed by atoms with Crippen molar-refractivity contribution in [3.63, 3.8) is 0 Å². The molecular formula is C36H50O3. The minimum absolute atomic E-state index is 0.131. The van der Waals surface area contributed by atoms with Crippen LogP contribution >= 0.6 is 0 Å². The quantitative estimate of drug-likeness (QED) is 0.370. The van der Waals surface area contributed by atoms with E-state index < -0.39 is 0 Å². The number of aliphatic hydroxyl groups is 3. The molecule has 3 N–H and O–H groups in total. The third kappa shape index (κ3) is 4.61. The molecule has 0 amide bonds. The average molecular weight is 531 g/mol. The average Bonchev–Trinajstić information content (AvgIpc) is 3.30. The van der Waals surface area contributed by atoms with Gasteiger partial charge in [0.15, 0.2) is 0 Å². The summed E-state index contributed by atoms with van der Waals surface area (Å²) in [6.07, 6.45) is 8.07. The minimum atomic E-state index is -0.313. The summed E-state index contributed by atoms with van der Waals surface area (Å²) in [5, 5.41) is 33.9. The Morgan fingerprint density at radius 3 is 2.05 bits per heavy atom. The van der Waals surface area contributed by atoms with Gasteiger partial charge in [0.1, 0.15) is 0 Å². The summed E-state index contributed by atoms with van der Waals surface area (Å²) in [4.78, 5) is 0. The first-order valence-corrected chi connectivity index (χ1v) is 15.9. The predicted octanol–water partition coefficient (Wildman–Crippen LogP) is 7.20. The van der Waals surface area contributed by atoms with E-state index in [4.69, 9.17) is 0 Å². The van der Waals surface area contributed by atoms with Crippen LogP contribution in [0.25, 0.3) is 0 Å². The van der Waals surface area contributed by atoms with Gasteiger partial charge in [-0.25, -0.2) is 0 Å². The van der Waals surface area contributed by atoms with E-state index in [9.17, 15) is 15.3 Å². The molecule has 3 nitrogen and oxygen atoms in total. The van der Waals surface area contributed by atoms with Crippen molar-refractivity contribution in [3.8, 4) is 0 Å². The SMILES string of the molecule is C[C@H](CCC(c1ccccc1)c1ccccc1)[C@H]1CC[C@H]2[C@@H]3[C@H](O)C[C@H]4C[C@@H](O)CC[C@]4(C)[C@H]3C[C@H](O)[C@]12C. The van der Waals surface area contributed by atoms with Crippen molar-refractivity contribution in [2.24, 2.45) is 46.3 Å². The normalized spacial score (nSPS) is 42.4. The Morgan fingerprint density at radius 1 is 0.769 bits per heavy atom. The van der Waals surface area contributed by atoms with Gasteiger partial charge < -0.3 is 15.3 Å². The fourth-order valence-corrected chi connectivity index (χ4v) is 10.7. The molecular weight excluding hydrogens is 480 g/mol. The van der Waals surface area contributed by atoms with E-state index in [1.807, 2.05) is 0 Å². The Kier molecular flexibility index (Phi) is 7.48. The van der Waals surface area contributed by atoms with Crippen LogP contribution in [0.2, 0.25) is 0 Å². The number of rotatable bonds is 6. The number of aliphatic hydroxyl groups excluding tert-OH is 3. The molecule has 2 aromatic carbocycles. The van der Waals surface area contributed by atoms with Gasteiger partial charge in [0.25, 0.3) is 0 Å². The van der Waals surface area contributed by atoms with Gasteiger partial charge in [0.05, 0.1) is 18.3 Å². The number of benzene rings is 2. The Morgan fingerprint density at radius 2 is 1.41 bits per heavy atom. The van der Waals surface area contributed by atoms with Crippen molar-refractivity contribution in [1.29, 1.82) is 0 Å². The highest BCUT2D eigenvalue weighted by Crippen LogP contribution is 2.68. The maximum Gasteiger partial charge on any atom is 0.0602 e. The molecule has 11 atom stereocenters. The molecule has 0 saturated heterocycles. The van der Waals surface area contributed by atoms with Gasteiger partial charge in [-0.2, -0.15) is 0 Å². The first-order chi connectivity index (χ1) is 18.7. The molecule has 0 bridgehead atoms. The Balaban J connectivity index is 1.21. The van der Waals surface area contributed by atoms with Crippen molar-refractivity contribution in [2.75, 3.05) is 0 Å². The molecule has 0 radical (unpaired) electrons. The number of hydrogen-bond donors (Lipinski definition) is 3. The van der Waals surface area contributed by atoms with Crippen molar-refractivity contribution >= 4 is 0 Å². The van der Waals surface area contributed by atoms with Crippen LogP contribution in [0.1, 0.15) is 95.6 Å². The molecule has 0 aliphatic heterocycles. The zero-order valence-corrected chi connectivity index (χ0v) is 24.3. The van der Waals surface area contributed by atoms with E-state index >= 15 is 0 Å². The third-order valence-corrected chi connectivity index (χ3v) is 12.8. The Labute approximate surface area is 236 Å². The Bertz CT molecular complexity index is 1060. The van der Waals surface area contributed by atoms with E-state index in [1.165, 1.54) is 11.1 Å². The first-order valence-electron chi connectivity index (χ1n) is 15.9. The summed E-state index contributed by atoms with van der Waals surface area (Å²) in [5.74, 6) is 2.80. The molecule has 6 rings (SSSR count). The summed E-state index contributed by atoms with van der Waals surface area (Å²) < 4.78 is 0. The topological polar surface area (TPSA) is 60.7 Å². The molecule has 4 aliphatic rings. The predicted molar refractivity (Wildman–Crippen MR) is 157 cm³/mol. The second-order valence-corrected chi connectivity index (χ2v) is 14.5. The van der Waals surface area contributed by atoms with Gasteiger partial charge in [-0.1, -0.05) is 81.4 Å². The highest BCUT2D eigenvalue weighted by atomic mass is 16.3. The van der Waals surface area contributed by atoms with Gasteiger partial charge in [-0.15, -0.1) is 0 Å². The van der Waals surface area contributed by atoms with Crippen LogP contribution in [0.5, 0.6) is 0 Å². The van der Waals surface area contributed by atoms with Gasteiger partial charge >= 0.3 is 0 Å². The molecule has 0 spiro atoms. The summed E-state index contributed by atoms with van der Waals surface area (Å²) in [6, 6.07) is 21.9. The molecule has 3 heteroatoms. The van der Waals surface area contributed by atoms with Gasteiger partial charge in [-0.3, -0.25) is 0 Å². The molecule has 39 heavy (non-hydrogen) atoms. The highest BCUT2D eigenvalue weighted by Gasteiger charge is 2.65. The monoisotopic (exact) mass is 530 g/mol. The largest absolute Gasteiger partial charge is 0.393 e. The van der Waals surface area contributed by atoms with Crippen LogP contribution < -0.4 is 0 Å². The molecule has 0 aromatic heterocycles. The fraction of sp³-hybridized carbons (Fsp3) is 0.667. The maximum absolute atomic E-state index is 11.9. The van der Waals surface area contributed by atoms with Crippen LogP contribution in [0.15, 0.2) is 60.7 Å². The second kappa shape index (κ2) is 10.6. The van der Waals surface area contributed by atoms with E-state index in [2.05, 4.69) is 81.4 Å². The molecule has 2 aromatic rings. The third-order valence-electron chi connectivity index (χ3n) is 12.8. The molecule has 4 saturated carbocycles. The number of hydrogen-bond acceptors (Lipinski definition) is 3. The standard InChI is InChI=1S/C36H50O3/c1-23(14-15-28(24-10-6-4-7-11-24)25-12-8-5-9-13-25)29-16-17-30-34-31(22-33(39)36(29,30)3)35(2)19-18-27(37)20-26(35)21-32(34)38/h4-13,23,26-34,37-39H,14-22H2,1-3H3/t23-,26-,27+,29-,30+,31+,32-,33+,34+,35+,36-/m1/s1. The highest BCUT2D eigenvalue weighted by molar-refractivity contribution is 5.32. The maximum atomic E-state index is 11.9. The van der Waals surface area contributed by atoms with Crippen LogP contribution in [-0.4, -0.2) is 33.6 Å². The lowest BCUT2D eigenvalue weighted by Gasteiger charge is -2.63.